The minimum absolute atomic E-state index is 1.04. The van der Waals surface area contributed by atoms with Gasteiger partial charge >= 0.3 is 0 Å². The van der Waals surface area contributed by atoms with Gasteiger partial charge in [0.25, 0.3) is 0 Å². The molecule has 0 saturated carbocycles. The Morgan fingerprint density at radius 1 is 0.361 bits per heavy atom. The lowest BCUT2D eigenvalue weighted by molar-refractivity contribution is 1.10. The number of benzene rings is 10. The third-order valence-corrected chi connectivity index (χ3v) is 15.4. The number of pyridine rings is 1. The molecule has 0 spiro atoms. The van der Waals surface area contributed by atoms with Gasteiger partial charge in [0.05, 0.1) is 33.4 Å². The Kier molecular flexibility index (Phi) is 9.86. The van der Waals surface area contributed by atoms with E-state index in [0.29, 0.717) is 0 Å². The SMILES string of the molecule is Cc1c(-n2c3ccccc3c3cc(N(c4ccccc4)c4ccccc4)ccc32)cc(-c2ccnc3sc4ccccc4c23)cc1-n1c2ccccc2c2cc(N(c3ccccc3)c3ccccc3)ccc21. The summed E-state index contributed by atoms with van der Waals surface area (Å²) in [7, 11) is 0. The molecular weight excluding hydrogens is 895 g/mol. The van der Waals surface area contributed by atoms with Gasteiger partial charge in [-0.25, -0.2) is 4.98 Å². The summed E-state index contributed by atoms with van der Waals surface area (Å²) in [4.78, 5) is 10.7. The number of rotatable bonds is 9. The van der Waals surface area contributed by atoms with Gasteiger partial charge in [0, 0.05) is 77.3 Å². The van der Waals surface area contributed by atoms with E-state index in [1.165, 1.54) is 42.6 Å². The molecular formula is C66H45N5S. The molecule has 0 bridgehead atoms. The van der Waals surface area contributed by atoms with Crippen molar-refractivity contribution in [2.24, 2.45) is 0 Å². The Morgan fingerprint density at radius 3 is 1.24 bits per heavy atom. The largest absolute Gasteiger partial charge is 0.310 e. The first-order valence-electron chi connectivity index (χ1n) is 24.5. The highest BCUT2D eigenvalue weighted by atomic mass is 32.1. The average molecular weight is 940 g/mol. The van der Waals surface area contributed by atoms with Gasteiger partial charge in [-0.05, 0) is 145 Å². The topological polar surface area (TPSA) is 29.2 Å². The molecule has 10 aromatic carbocycles. The number of aromatic nitrogens is 3. The van der Waals surface area contributed by atoms with Crippen molar-refractivity contribution >= 4 is 109 Å². The van der Waals surface area contributed by atoms with E-state index in [9.17, 15) is 0 Å². The molecule has 0 amide bonds. The molecule has 4 heterocycles. The number of fused-ring (bicyclic) bond motifs is 9. The van der Waals surface area contributed by atoms with Gasteiger partial charge in [-0.1, -0.05) is 127 Å². The second-order valence-electron chi connectivity index (χ2n) is 18.4. The number of anilines is 6. The second-order valence-corrected chi connectivity index (χ2v) is 19.4. The summed E-state index contributed by atoms with van der Waals surface area (Å²) in [5.74, 6) is 0. The molecule has 5 nitrogen and oxygen atoms in total. The Labute approximate surface area is 421 Å². The van der Waals surface area contributed by atoms with E-state index in [-0.39, 0.29) is 0 Å². The van der Waals surface area contributed by atoms with Crippen molar-refractivity contribution in [3.8, 4) is 22.5 Å². The van der Waals surface area contributed by atoms with Crippen LogP contribution in [0.3, 0.4) is 0 Å². The maximum atomic E-state index is 4.96. The zero-order valence-corrected chi connectivity index (χ0v) is 40.2. The number of hydrogen-bond donors (Lipinski definition) is 0. The van der Waals surface area contributed by atoms with Crippen LogP contribution in [0, 0.1) is 6.92 Å². The van der Waals surface area contributed by atoms with E-state index >= 15 is 0 Å². The van der Waals surface area contributed by atoms with Crippen LogP contribution in [-0.4, -0.2) is 14.1 Å². The van der Waals surface area contributed by atoms with Crippen molar-refractivity contribution in [3.63, 3.8) is 0 Å². The lowest BCUT2D eigenvalue weighted by Crippen LogP contribution is -2.09. The normalized spacial score (nSPS) is 11.7. The van der Waals surface area contributed by atoms with Crippen molar-refractivity contribution in [1.29, 1.82) is 0 Å². The first-order valence-corrected chi connectivity index (χ1v) is 25.3. The van der Waals surface area contributed by atoms with Gasteiger partial charge in [-0.2, -0.15) is 0 Å². The third-order valence-electron chi connectivity index (χ3n) is 14.3. The van der Waals surface area contributed by atoms with Crippen LogP contribution in [0.5, 0.6) is 0 Å². The van der Waals surface area contributed by atoms with Gasteiger partial charge in [0.2, 0.25) is 0 Å². The maximum Gasteiger partial charge on any atom is 0.125 e. The standard InChI is InChI=1S/C66H45N5S/c1-44-62(70-58-31-17-14-28-53(58)56-42-50(34-36-60(56)70)68(46-20-6-2-7-21-46)47-22-8-3-9-23-47)40-45(52-38-39-67-66-65(52)55-30-16-19-33-64(55)72-66)41-63(44)71-59-32-18-15-29-54(59)57-43-51(35-37-61(57)71)69(48-24-10-4-11-25-48)49-26-12-5-13-27-49/h2-43H,1H3. The van der Waals surface area contributed by atoms with E-state index in [4.69, 9.17) is 4.98 Å². The summed E-state index contributed by atoms with van der Waals surface area (Å²) in [5.41, 5.74) is 16.9. The van der Waals surface area contributed by atoms with Crippen molar-refractivity contribution in [1.82, 2.24) is 14.1 Å². The highest BCUT2D eigenvalue weighted by molar-refractivity contribution is 7.25. The van der Waals surface area contributed by atoms with Crippen molar-refractivity contribution < 1.29 is 0 Å². The smallest absolute Gasteiger partial charge is 0.125 e. The molecule has 0 aliphatic heterocycles. The zero-order valence-electron chi connectivity index (χ0n) is 39.4. The Morgan fingerprint density at radius 2 is 0.764 bits per heavy atom. The van der Waals surface area contributed by atoms with Crippen LogP contribution >= 0.6 is 11.3 Å². The summed E-state index contributed by atoms with van der Waals surface area (Å²) in [5, 5.41) is 7.17. The van der Waals surface area contributed by atoms with Crippen LogP contribution in [0.15, 0.2) is 255 Å². The van der Waals surface area contributed by atoms with Gasteiger partial charge in [-0.15, -0.1) is 11.3 Å². The lowest BCUT2D eigenvalue weighted by atomic mass is 9.97. The predicted octanol–water partition coefficient (Wildman–Crippen LogP) is 18.6. The summed E-state index contributed by atoms with van der Waals surface area (Å²) in [6.07, 6.45) is 1.98. The first-order chi connectivity index (χ1) is 35.7. The highest BCUT2D eigenvalue weighted by Crippen LogP contribution is 2.46. The molecule has 340 valence electrons. The molecule has 0 saturated heterocycles. The van der Waals surface area contributed by atoms with Gasteiger partial charge < -0.3 is 18.9 Å². The lowest BCUT2D eigenvalue weighted by Gasteiger charge is -2.25. The van der Waals surface area contributed by atoms with Crippen molar-refractivity contribution in [3.05, 3.63) is 260 Å². The van der Waals surface area contributed by atoms with Gasteiger partial charge in [-0.3, -0.25) is 0 Å². The average Bonchev–Trinajstić information content (AvgIpc) is 4.10. The summed E-state index contributed by atoms with van der Waals surface area (Å²) in [6, 6.07) is 90.1. The van der Waals surface area contributed by atoms with Crippen LogP contribution in [0.1, 0.15) is 5.56 Å². The number of nitrogens with zero attached hydrogens (tertiary/aromatic N) is 5. The van der Waals surface area contributed by atoms with E-state index < -0.39 is 0 Å². The number of hydrogen-bond acceptors (Lipinski definition) is 4. The minimum atomic E-state index is 1.04. The molecule has 6 heteroatoms. The molecule has 0 aliphatic rings. The summed E-state index contributed by atoms with van der Waals surface area (Å²) in [6.45, 7) is 2.31. The fourth-order valence-corrected chi connectivity index (χ4v) is 12.2. The van der Waals surface area contributed by atoms with Gasteiger partial charge in [0.1, 0.15) is 4.83 Å². The monoisotopic (exact) mass is 939 g/mol. The summed E-state index contributed by atoms with van der Waals surface area (Å²) < 4.78 is 6.23. The molecule has 72 heavy (non-hydrogen) atoms. The fourth-order valence-electron chi connectivity index (χ4n) is 11.1. The maximum absolute atomic E-state index is 4.96. The van der Waals surface area contributed by atoms with E-state index in [1.54, 1.807) is 11.3 Å². The minimum Gasteiger partial charge on any atom is -0.310 e. The second kappa shape index (κ2) is 17.0. The predicted molar refractivity (Wildman–Crippen MR) is 305 cm³/mol. The van der Waals surface area contributed by atoms with Crippen molar-refractivity contribution in [2.45, 2.75) is 6.92 Å². The van der Waals surface area contributed by atoms with E-state index in [1.807, 2.05) is 6.20 Å². The van der Waals surface area contributed by atoms with Crippen LogP contribution < -0.4 is 9.80 Å². The van der Waals surface area contributed by atoms with Gasteiger partial charge in [0.15, 0.2) is 0 Å². The Bertz CT molecular complexity index is 4050. The molecule has 14 aromatic rings. The van der Waals surface area contributed by atoms with Crippen molar-refractivity contribution in [2.75, 3.05) is 9.80 Å². The number of thiophene rings is 1. The quantitative estimate of drug-likeness (QED) is 0.144. The number of para-hydroxylation sites is 6. The molecule has 0 aliphatic carbocycles. The Balaban J connectivity index is 1.04. The molecule has 4 aromatic heterocycles. The van der Waals surface area contributed by atoms with E-state index in [0.717, 1.165) is 83.5 Å². The fraction of sp³-hybridized carbons (Fsp3) is 0.0152. The Hall–Kier alpha value is -9.23. The summed E-state index contributed by atoms with van der Waals surface area (Å²) >= 11 is 1.76. The molecule has 0 radical (unpaired) electrons. The van der Waals surface area contributed by atoms with Crippen LogP contribution in [0.4, 0.5) is 34.1 Å². The highest BCUT2D eigenvalue weighted by Gasteiger charge is 2.24. The first kappa shape index (κ1) is 41.7. The molecule has 14 rings (SSSR count). The molecule has 0 N–H and O–H groups in total. The zero-order chi connectivity index (χ0) is 47.7. The molecule has 0 fully saturated rings. The van der Waals surface area contributed by atoms with Crippen LogP contribution in [0.2, 0.25) is 0 Å². The molecule has 0 atom stereocenters. The molecule has 0 unspecified atom stereocenters. The third kappa shape index (κ3) is 6.72. The van der Waals surface area contributed by atoms with E-state index in [2.05, 4.69) is 275 Å². The van der Waals surface area contributed by atoms with Crippen LogP contribution in [-0.2, 0) is 0 Å². The van der Waals surface area contributed by atoms with Crippen LogP contribution in [0.25, 0.3) is 86.4 Å².